The number of carbonyl (C=O) groups is 1. The molecule has 0 aliphatic rings. The van der Waals surface area contributed by atoms with Gasteiger partial charge in [-0.25, -0.2) is 4.79 Å². The van der Waals surface area contributed by atoms with Crippen molar-refractivity contribution < 1.29 is 9.90 Å². The third kappa shape index (κ3) is 61.3. The Hall–Kier alpha value is -0.760. The summed E-state index contributed by atoms with van der Waals surface area (Å²) in [4.78, 5) is 9.25. The van der Waals surface area contributed by atoms with E-state index in [-0.39, 0.29) is 12.4 Å². The highest BCUT2D eigenvalue weighted by molar-refractivity contribution is 5.85. The molecule has 0 fully saturated rings. The van der Waals surface area contributed by atoms with Gasteiger partial charge in [-0.05, 0) is 0 Å². The highest BCUT2D eigenvalue weighted by Gasteiger charge is 1.73. The van der Waals surface area contributed by atoms with Crippen LogP contribution >= 0.6 is 12.4 Å². The van der Waals surface area contributed by atoms with Gasteiger partial charge in [0.1, 0.15) is 0 Å². The summed E-state index contributed by atoms with van der Waals surface area (Å²) in [5, 5.41) is 7.60. The molecule has 0 amide bonds. The Labute approximate surface area is 54.9 Å². The molecule has 0 bridgehead atoms. The summed E-state index contributed by atoms with van der Waals surface area (Å²) in [6, 6.07) is 0. The summed E-state index contributed by atoms with van der Waals surface area (Å²) in [6.07, 6.45) is 0.833. The van der Waals surface area contributed by atoms with Gasteiger partial charge in [-0.3, -0.25) is 0 Å². The van der Waals surface area contributed by atoms with Crippen LogP contribution in [0.5, 0.6) is 0 Å². The minimum atomic E-state index is -0.981. The number of halogens is 1. The molecule has 0 aromatic carbocycles. The van der Waals surface area contributed by atoms with Crippen LogP contribution in [-0.4, -0.2) is 11.1 Å². The quantitative estimate of drug-likeness (QED) is 0.438. The fourth-order valence-corrected chi connectivity index (χ4v) is 0. The molecule has 0 spiro atoms. The lowest BCUT2D eigenvalue weighted by Gasteiger charge is -1.64. The van der Waals surface area contributed by atoms with Gasteiger partial charge in [-0.2, -0.15) is 0 Å². The zero-order chi connectivity index (χ0) is 6.28. The van der Waals surface area contributed by atoms with Crippen molar-refractivity contribution in [1.29, 1.82) is 0 Å². The van der Waals surface area contributed by atoms with Gasteiger partial charge in [0.2, 0.25) is 0 Å². The zero-order valence-corrected chi connectivity index (χ0v) is 5.28. The number of carboxylic acid groups (broad SMARTS) is 1. The van der Waals surface area contributed by atoms with E-state index in [9.17, 15) is 4.79 Å². The molecule has 0 rings (SSSR count). The molecule has 0 unspecified atom stereocenters. The predicted octanol–water partition coefficient (Wildman–Crippen LogP) is 1.48. The molecule has 8 heavy (non-hydrogen) atoms. The molecule has 2 nitrogen and oxygen atoms in total. The minimum absolute atomic E-state index is 0. The maximum absolute atomic E-state index is 9.25. The topological polar surface area (TPSA) is 37.3 Å². The van der Waals surface area contributed by atoms with E-state index in [1.165, 1.54) is 0 Å². The first-order valence-electron chi connectivity index (χ1n) is 1.62. The van der Waals surface area contributed by atoms with Gasteiger partial charge in [0.15, 0.2) is 0 Å². The van der Waals surface area contributed by atoms with Gasteiger partial charge in [-0.1, -0.05) is 6.58 Å². The summed E-state index contributed by atoms with van der Waals surface area (Å²) in [7, 11) is 0. The van der Waals surface area contributed by atoms with Crippen LogP contribution in [0.3, 0.4) is 0 Å². The van der Waals surface area contributed by atoms with Crippen LogP contribution in [0.1, 0.15) is 0 Å². The van der Waals surface area contributed by atoms with Crippen molar-refractivity contribution in [1.82, 2.24) is 0 Å². The van der Waals surface area contributed by atoms with E-state index in [0.717, 1.165) is 6.08 Å². The normalized spacial score (nSPS) is 4.50. The second-order valence-corrected chi connectivity index (χ2v) is 0.542. The van der Waals surface area contributed by atoms with E-state index in [1.54, 1.807) is 0 Å². The van der Waals surface area contributed by atoms with Gasteiger partial charge in [0, 0.05) is 6.08 Å². The van der Waals surface area contributed by atoms with Crippen LogP contribution < -0.4 is 0 Å². The molecule has 0 aliphatic heterocycles. The molecule has 0 aliphatic carbocycles. The van der Waals surface area contributed by atoms with E-state index in [4.69, 9.17) is 5.11 Å². The molecule has 1 N–H and O–H groups in total. The van der Waals surface area contributed by atoms with Gasteiger partial charge < -0.3 is 5.11 Å². The second kappa shape index (κ2) is 16.3. The van der Waals surface area contributed by atoms with Gasteiger partial charge in [0.05, 0.1) is 0 Å². The van der Waals surface area contributed by atoms with E-state index >= 15 is 0 Å². The number of carboxylic acids is 1. The summed E-state index contributed by atoms with van der Waals surface area (Å²) in [5.41, 5.74) is 0. The second-order valence-electron chi connectivity index (χ2n) is 0.542. The largest absolute Gasteiger partial charge is 0.478 e. The van der Waals surface area contributed by atoms with Crippen LogP contribution in [0.25, 0.3) is 0 Å². The molecular weight excluding hydrogens is 128 g/mol. The maximum Gasteiger partial charge on any atom is 0.327 e. The summed E-state index contributed by atoms with van der Waals surface area (Å²) in [5.74, 6) is -0.981. The first kappa shape index (κ1) is 15.7. The van der Waals surface area contributed by atoms with Crippen molar-refractivity contribution in [3.05, 3.63) is 25.8 Å². The Morgan fingerprint density at radius 1 is 1.50 bits per heavy atom. The van der Waals surface area contributed by atoms with E-state index in [0.29, 0.717) is 0 Å². The summed E-state index contributed by atoms with van der Waals surface area (Å²) in [6.45, 7) is 8.96. The maximum atomic E-state index is 9.25. The molecule has 3 heteroatoms. The van der Waals surface area contributed by atoms with E-state index < -0.39 is 5.97 Å². The Morgan fingerprint density at radius 3 is 1.62 bits per heavy atom. The highest BCUT2D eigenvalue weighted by atomic mass is 35.5. The Balaban J connectivity index is -0.0000000750. The molecule has 0 heterocycles. The number of rotatable bonds is 1. The molecule has 0 saturated carbocycles. The third-order valence-electron chi connectivity index (χ3n) is 0.175. The monoisotopic (exact) mass is 136 g/mol. The lowest BCUT2D eigenvalue weighted by molar-refractivity contribution is -0.131. The van der Waals surface area contributed by atoms with Crippen LogP contribution in [-0.2, 0) is 4.79 Å². The summed E-state index contributed by atoms with van der Waals surface area (Å²) >= 11 is 0. The van der Waals surface area contributed by atoms with Crippen LogP contribution in [0.4, 0.5) is 0 Å². The fourth-order valence-electron chi connectivity index (χ4n) is 0. The fraction of sp³-hybridized carbons (Fsp3) is 0. The minimum Gasteiger partial charge on any atom is -0.478 e. The number of aliphatic carboxylic acids is 1. The molecule has 0 atom stereocenters. The van der Waals surface area contributed by atoms with Crippen molar-refractivity contribution in [3.63, 3.8) is 0 Å². The molecule has 48 valence electrons. The Morgan fingerprint density at radius 2 is 1.62 bits per heavy atom. The summed E-state index contributed by atoms with van der Waals surface area (Å²) < 4.78 is 0. The lowest BCUT2D eigenvalue weighted by atomic mass is 10.7. The van der Waals surface area contributed by atoms with Crippen molar-refractivity contribution in [2.75, 3.05) is 0 Å². The first-order valence-corrected chi connectivity index (χ1v) is 1.62. The molecule has 0 radical (unpaired) electrons. The first-order chi connectivity index (χ1) is 3.27. The molecule has 0 aromatic heterocycles. The van der Waals surface area contributed by atoms with Crippen molar-refractivity contribution >= 4 is 18.4 Å². The van der Waals surface area contributed by atoms with Crippen molar-refractivity contribution in [2.45, 2.75) is 0 Å². The predicted molar refractivity (Wildman–Crippen MR) is 36.3 cm³/mol. The Kier molecular flexibility index (Phi) is 32.0. The number of hydrogen-bond donors (Lipinski definition) is 1. The van der Waals surface area contributed by atoms with Crippen LogP contribution in [0.2, 0.25) is 0 Å². The zero-order valence-electron chi connectivity index (χ0n) is 4.46. The molecule has 0 saturated heterocycles. The van der Waals surface area contributed by atoms with Crippen LogP contribution in [0, 0.1) is 0 Å². The molecule has 0 aromatic rings. The Bertz CT molecular complexity index is 70.8. The molecular formula is C5H9ClO2. The van der Waals surface area contributed by atoms with Gasteiger partial charge in [0.25, 0.3) is 0 Å². The third-order valence-corrected chi connectivity index (χ3v) is 0.175. The average molecular weight is 137 g/mol. The smallest absolute Gasteiger partial charge is 0.327 e. The highest BCUT2D eigenvalue weighted by Crippen LogP contribution is 1.54. The van der Waals surface area contributed by atoms with Crippen molar-refractivity contribution in [2.24, 2.45) is 0 Å². The lowest BCUT2D eigenvalue weighted by Crippen LogP contribution is -1.82. The van der Waals surface area contributed by atoms with Gasteiger partial charge in [-0.15, -0.1) is 25.6 Å². The van der Waals surface area contributed by atoms with Gasteiger partial charge >= 0.3 is 5.97 Å². The van der Waals surface area contributed by atoms with E-state index in [1.807, 2.05) is 0 Å². The van der Waals surface area contributed by atoms with Crippen LogP contribution in [0.15, 0.2) is 25.8 Å². The SMILES string of the molecule is C=C.C=CC(=O)O.Cl. The standard InChI is InChI=1S/C3H4O2.C2H4.ClH/c1-2-3(4)5;1-2;/h2H,1H2,(H,4,5);1-2H2;1H. The van der Waals surface area contributed by atoms with Crippen molar-refractivity contribution in [3.8, 4) is 0 Å². The average Bonchev–Trinajstić information content (AvgIpc) is 1.73. The number of hydrogen-bond acceptors (Lipinski definition) is 1. The van der Waals surface area contributed by atoms with E-state index in [2.05, 4.69) is 19.7 Å².